The summed E-state index contributed by atoms with van der Waals surface area (Å²) in [6, 6.07) is 16.8. The summed E-state index contributed by atoms with van der Waals surface area (Å²) in [5.41, 5.74) is 2.25. The summed E-state index contributed by atoms with van der Waals surface area (Å²) in [4.78, 5) is 35.5. The third kappa shape index (κ3) is 4.15. The van der Waals surface area contributed by atoms with Crippen molar-refractivity contribution in [2.24, 2.45) is 0 Å². The van der Waals surface area contributed by atoms with Gasteiger partial charge in [0.05, 0.1) is 12.2 Å². The van der Waals surface area contributed by atoms with Gasteiger partial charge in [-0.2, -0.15) is 0 Å². The summed E-state index contributed by atoms with van der Waals surface area (Å²) in [5, 5.41) is 0. The number of benzene rings is 2. The van der Waals surface area contributed by atoms with Crippen LogP contribution in [0.3, 0.4) is 0 Å². The smallest absolute Gasteiger partial charge is 0.295 e. The number of carbonyl (C=O) groups is 1. The number of ketones is 1. The Morgan fingerprint density at radius 1 is 1.00 bits per heavy atom. The van der Waals surface area contributed by atoms with Gasteiger partial charge in [-0.15, -0.1) is 0 Å². The first kappa shape index (κ1) is 17.8. The van der Waals surface area contributed by atoms with Gasteiger partial charge in [-0.1, -0.05) is 48.5 Å². The van der Waals surface area contributed by atoms with Gasteiger partial charge in [-0.05, 0) is 42.7 Å². The van der Waals surface area contributed by atoms with Gasteiger partial charge in [-0.3, -0.25) is 9.59 Å². The Bertz CT molecular complexity index is 1040. The minimum absolute atomic E-state index is 0.0118. The second-order valence-electron chi connectivity index (χ2n) is 5.89. The molecule has 132 valence electrons. The third-order valence-corrected chi connectivity index (χ3v) is 4.78. The van der Waals surface area contributed by atoms with E-state index in [0.717, 1.165) is 22.7 Å². The van der Waals surface area contributed by atoms with Gasteiger partial charge in [0.2, 0.25) is 0 Å². The molecule has 3 aromatic rings. The van der Waals surface area contributed by atoms with Crippen LogP contribution in [0.1, 0.15) is 18.1 Å². The number of hydrogen-bond donors (Lipinski definition) is 0. The highest BCUT2D eigenvalue weighted by Crippen LogP contribution is 2.10. The molecule has 5 nitrogen and oxygen atoms in total. The molecule has 0 amide bonds. The first-order valence-corrected chi connectivity index (χ1v) is 8.95. The van der Waals surface area contributed by atoms with Gasteiger partial charge in [-0.25, -0.2) is 13.3 Å². The van der Waals surface area contributed by atoms with Crippen LogP contribution in [0.5, 0.6) is 0 Å². The van der Waals surface area contributed by atoms with E-state index in [1.807, 2.05) is 42.5 Å². The van der Waals surface area contributed by atoms with E-state index >= 15 is 0 Å². The number of aromatic nitrogens is 2. The van der Waals surface area contributed by atoms with Crippen LogP contribution >= 0.6 is 11.5 Å². The molecule has 0 radical (unpaired) electrons. The van der Waals surface area contributed by atoms with E-state index in [0.29, 0.717) is 12.1 Å². The predicted molar refractivity (Wildman–Crippen MR) is 103 cm³/mol. The maximum Gasteiger partial charge on any atom is 0.346 e. The first-order valence-electron chi connectivity index (χ1n) is 8.18. The maximum atomic E-state index is 12.6. The lowest BCUT2D eigenvalue weighted by atomic mass is 10.1. The average molecular weight is 366 g/mol. The Morgan fingerprint density at radius 3 is 2.35 bits per heavy atom. The molecular formula is C20H18N2O3S. The molecule has 0 aliphatic heterocycles. The van der Waals surface area contributed by atoms with Crippen LogP contribution in [0, 0.1) is 0 Å². The van der Waals surface area contributed by atoms with E-state index in [4.69, 9.17) is 0 Å². The molecule has 1 heterocycles. The Balaban J connectivity index is 1.84. The van der Waals surface area contributed by atoms with Crippen molar-refractivity contribution >= 4 is 17.3 Å². The zero-order valence-corrected chi connectivity index (χ0v) is 15.1. The molecule has 0 aliphatic carbocycles. The van der Waals surface area contributed by atoms with Crippen LogP contribution < -0.4 is 10.6 Å². The van der Waals surface area contributed by atoms with E-state index < -0.39 is 0 Å². The van der Waals surface area contributed by atoms with Crippen LogP contribution in [0.2, 0.25) is 0 Å². The van der Waals surface area contributed by atoms with Crippen molar-refractivity contribution < 1.29 is 4.79 Å². The minimum Gasteiger partial charge on any atom is -0.295 e. The van der Waals surface area contributed by atoms with Crippen molar-refractivity contribution in [3.63, 3.8) is 0 Å². The van der Waals surface area contributed by atoms with Crippen LogP contribution in [0.25, 0.3) is 5.69 Å². The monoisotopic (exact) mass is 366 g/mol. The van der Waals surface area contributed by atoms with Gasteiger partial charge in [0.1, 0.15) is 0 Å². The topological polar surface area (TPSA) is 61.1 Å². The number of hydrogen-bond acceptors (Lipinski definition) is 4. The van der Waals surface area contributed by atoms with Gasteiger partial charge in [0, 0.05) is 11.5 Å². The predicted octanol–water partition coefficient (Wildman–Crippen LogP) is 2.80. The maximum absolute atomic E-state index is 12.6. The van der Waals surface area contributed by atoms with Crippen molar-refractivity contribution in [3.8, 4) is 5.69 Å². The molecule has 0 spiro atoms. The van der Waals surface area contributed by atoms with E-state index in [-0.39, 0.29) is 22.9 Å². The fraction of sp³-hybridized carbons (Fsp3) is 0.150. The summed E-state index contributed by atoms with van der Waals surface area (Å²) in [7, 11) is 0. The molecular weight excluding hydrogens is 348 g/mol. The van der Waals surface area contributed by atoms with Gasteiger partial charge >= 0.3 is 10.6 Å². The molecule has 0 unspecified atom stereocenters. The lowest BCUT2D eigenvalue weighted by Gasteiger charge is -2.02. The highest BCUT2D eigenvalue weighted by molar-refractivity contribution is 7.03. The third-order valence-electron chi connectivity index (χ3n) is 3.85. The fourth-order valence-electron chi connectivity index (χ4n) is 2.54. The molecule has 0 fully saturated rings. The molecule has 0 bridgehead atoms. The molecule has 2 aromatic carbocycles. The minimum atomic E-state index is -0.340. The molecule has 26 heavy (non-hydrogen) atoms. The van der Waals surface area contributed by atoms with Crippen LogP contribution in [0.15, 0.2) is 76.3 Å². The molecule has 0 N–H and O–H groups in total. The van der Waals surface area contributed by atoms with Crippen molar-refractivity contribution in [3.05, 3.63) is 98.0 Å². The number of allylic oxidation sites excluding steroid dienone is 2. The summed E-state index contributed by atoms with van der Waals surface area (Å²) in [5.74, 6) is 0.0118. The highest BCUT2D eigenvalue weighted by Gasteiger charge is 2.12. The molecule has 6 heteroatoms. The van der Waals surface area contributed by atoms with E-state index in [9.17, 15) is 14.4 Å². The second kappa shape index (κ2) is 7.93. The standard InChI is InChI=1S/C20H18N2O3S/c1-15(23)6-5-9-16-10-12-18(13-11-16)22-19(24)21(20(25)26-22)14-17-7-3-2-4-8-17/h2-8,10-13H,9,14H2,1H3/b6-5+. The summed E-state index contributed by atoms with van der Waals surface area (Å²) < 4.78 is 2.64. The Labute approximate surface area is 154 Å². The fourth-order valence-corrected chi connectivity index (χ4v) is 3.35. The summed E-state index contributed by atoms with van der Waals surface area (Å²) in [6.07, 6.45) is 3.98. The Hall–Kier alpha value is -2.99. The van der Waals surface area contributed by atoms with Crippen LogP contribution in [0.4, 0.5) is 0 Å². The van der Waals surface area contributed by atoms with Gasteiger partial charge < -0.3 is 0 Å². The van der Waals surface area contributed by atoms with E-state index in [2.05, 4.69) is 0 Å². The van der Waals surface area contributed by atoms with Gasteiger partial charge in [0.15, 0.2) is 5.78 Å². The summed E-state index contributed by atoms with van der Waals surface area (Å²) >= 11 is 0.894. The van der Waals surface area contributed by atoms with Crippen LogP contribution in [-0.2, 0) is 17.8 Å². The number of carbonyl (C=O) groups excluding carboxylic acids is 1. The number of rotatable bonds is 6. The lowest BCUT2D eigenvalue weighted by molar-refractivity contribution is -0.112. The van der Waals surface area contributed by atoms with E-state index in [1.54, 1.807) is 18.2 Å². The van der Waals surface area contributed by atoms with Gasteiger partial charge in [0.25, 0.3) is 0 Å². The lowest BCUT2D eigenvalue weighted by Crippen LogP contribution is -2.28. The largest absolute Gasteiger partial charge is 0.346 e. The second-order valence-corrected chi connectivity index (χ2v) is 6.79. The van der Waals surface area contributed by atoms with Crippen LogP contribution in [-0.4, -0.2) is 14.3 Å². The van der Waals surface area contributed by atoms with Crippen molar-refractivity contribution in [2.75, 3.05) is 0 Å². The molecule has 0 saturated carbocycles. The quantitative estimate of drug-likeness (QED) is 0.630. The normalized spacial score (nSPS) is 11.1. The summed E-state index contributed by atoms with van der Waals surface area (Å²) in [6.45, 7) is 1.77. The molecule has 0 saturated heterocycles. The highest BCUT2D eigenvalue weighted by atomic mass is 32.1. The number of nitrogens with zero attached hydrogens (tertiary/aromatic N) is 2. The SMILES string of the molecule is CC(=O)/C=C/Cc1ccc(-n2sc(=O)n(Cc3ccccc3)c2=O)cc1. The molecule has 1 aromatic heterocycles. The molecule has 0 atom stereocenters. The van der Waals surface area contributed by atoms with Crippen molar-refractivity contribution in [1.29, 1.82) is 0 Å². The molecule has 0 aliphatic rings. The Kier molecular flexibility index (Phi) is 5.43. The average Bonchev–Trinajstić information content (AvgIpc) is 2.91. The molecule has 3 rings (SSSR count). The zero-order valence-electron chi connectivity index (χ0n) is 14.3. The first-order chi connectivity index (χ1) is 12.5. The Morgan fingerprint density at radius 2 is 1.69 bits per heavy atom. The van der Waals surface area contributed by atoms with Crippen molar-refractivity contribution in [2.45, 2.75) is 19.9 Å². The van der Waals surface area contributed by atoms with E-state index in [1.165, 1.54) is 21.5 Å². The zero-order chi connectivity index (χ0) is 18.5. The van der Waals surface area contributed by atoms with Crippen molar-refractivity contribution in [1.82, 2.24) is 8.52 Å².